The van der Waals surface area contributed by atoms with E-state index in [1.807, 2.05) is 6.07 Å². The Morgan fingerprint density at radius 2 is 1.76 bits per heavy atom. The van der Waals surface area contributed by atoms with Gasteiger partial charge in [-0.2, -0.15) is 13.2 Å². The van der Waals surface area contributed by atoms with Crippen LogP contribution in [0.1, 0.15) is 111 Å². The number of nitrogens with zero attached hydrogens (tertiary/aromatic N) is 2. The van der Waals surface area contributed by atoms with Crippen molar-refractivity contribution in [2.75, 3.05) is 19.6 Å². The highest BCUT2D eigenvalue weighted by atomic mass is 35.5. The summed E-state index contributed by atoms with van der Waals surface area (Å²) in [4.78, 5) is 54.8. The molecule has 9 nitrogen and oxygen atoms in total. The van der Waals surface area contributed by atoms with Gasteiger partial charge in [0.15, 0.2) is 5.69 Å². The maximum atomic E-state index is 12.7. The third kappa shape index (κ3) is 11.2. The van der Waals surface area contributed by atoms with E-state index in [2.05, 4.69) is 20.5 Å². The zero-order chi connectivity index (χ0) is 33.1. The lowest BCUT2D eigenvalue weighted by atomic mass is 9.86. The van der Waals surface area contributed by atoms with Crippen LogP contribution in [0.3, 0.4) is 0 Å². The molecular formula is C33H42ClF3N4O5. The predicted molar refractivity (Wildman–Crippen MR) is 165 cm³/mol. The number of Topliss-reactive ketones (excluding diaryl/α,β-unsaturated/α-hetero) is 2. The Balaban J connectivity index is 1.26. The number of benzene rings is 1. The SMILES string of the molecule is O=C(CCc1ccc(Cl)cc1CN1CCCC1c1nc(C(=O)NCCCCC2CCCCC2)co1)NCC(=O)C(=O)CC(F)(F)F. The van der Waals surface area contributed by atoms with Crippen molar-refractivity contribution in [3.05, 3.63) is 52.2 Å². The van der Waals surface area contributed by atoms with Crippen LogP contribution in [0.5, 0.6) is 0 Å². The van der Waals surface area contributed by atoms with E-state index >= 15 is 0 Å². The molecule has 1 aliphatic carbocycles. The molecule has 1 aromatic heterocycles. The lowest BCUT2D eigenvalue weighted by molar-refractivity contribution is -0.157. The fraction of sp³-hybridized carbons (Fsp3) is 0.606. The summed E-state index contributed by atoms with van der Waals surface area (Å²) in [5, 5.41) is 5.70. The number of carbonyl (C=O) groups excluding carboxylic acids is 4. The molecule has 0 bridgehead atoms. The van der Waals surface area contributed by atoms with Crippen molar-refractivity contribution in [1.29, 1.82) is 0 Å². The van der Waals surface area contributed by atoms with Gasteiger partial charge >= 0.3 is 6.18 Å². The lowest BCUT2D eigenvalue weighted by Crippen LogP contribution is -2.34. The Kier molecular flexibility index (Phi) is 13.2. The maximum Gasteiger partial charge on any atom is 0.396 e. The molecule has 1 saturated heterocycles. The highest BCUT2D eigenvalue weighted by Gasteiger charge is 2.34. The summed E-state index contributed by atoms with van der Waals surface area (Å²) in [7, 11) is 0. The molecule has 2 N–H and O–H groups in total. The number of hydrogen-bond acceptors (Lipinski definition) is 7. The number of amides is 2. The Morgan fingerprint density at radius 1 is 0.978 bits per heavy atom. The first-order chi connectivity index (χ1) is 22.0. The second kappa shape index (κ2) is 17.1. The van der Waals surface area contributed by atoms with Crippen molar-refractivity contribution < 1.29 is 36.8 Å². The fourth-order valence-corrected chi connectivity index (χ4v) is 6.46. The molecule has 1 unspecified atom stereocenters. The molecule has 2 aliphatic rings. The Labute approximate surface area is 272 Å². The highest BCUT2D eigenvalue weighted by Crippen LogP contribution is 2.34. The number of nitrogens with one attached hydrogen (secondary N) is 2. The molecular weight excluding hydrogens is 625 g/mol. The average Bonchev–Trinajstić information content (AvgIpc) is 3.69. The van der Waals surface area contributed by atoms with Crippen LogP contribution in [-0.4, -0.2) is 59.1 Å². The lowest BCUT2D eigenvalue weighted by Gasteiger charge is -2.23. The van der Waals surface area contributed by atoms with Gasteiger partial charge in [0.05, 0.1) is 12.6 Å². The number of ketones is 2. The molecule has 2 aromatic rings. The van der Waals surface area contributed by atoms with E-state index in [4.69, 9.17) is 16.0 Å². The van der Waals surface area contributed by atoms with Crippen LogP contribution in [0.25, 0.3) is 0 Å². The van der Waals surface area contributed by atoms with Crippen LogP contribution < -0.4 is 10.6 Å². The smallest absolute Gasteiger partial charge is 0.396 e. The van der Waals surface area contributed by atoms with Gasteiger partial charge in [-0.15, -0.1) is 0 Å². The molecule has 252 valence electrons. The summed E-state index contributed by atoms with van der Waals surface area (Å²) in [6, 6.07) is 5.17. The summed E-state index contributed by atoms with van der Waals surface area (Å²) >= 11 is 6.29. The third-order valence-electron chi connectivity index (χ3n) is 8.73. The third-order valence-corrected chi connectivity index (χ3v) is 8.97. The average molecular weight is 667 g/mol. The molecule has 4 rings (SSSR count). The van der Waals surface area contributed by atoms with Gasteiger partial charge in [0.2, 0.25) is 23.4 Å². The first-order valence-corrected chi connectivity index (χ1v) is 16.5. The summed E-state index contributed by atoms with van der Waals surface area (Å²) in [5.74, 6) is -2.41. The summed E-state index contributed by atoms with van der Waals surface area (Å²) in [6.07, 6.45) is 6.64. The zero-order valence-corrected chi connectivity index (χ0v) is 26.7. The van der Waals surface area contributed by atoms with Gasteiger partial charge in [0, 0.05) is 24.5 Å². The summed E-state index contributed by atoms with van der Waals surface area (Å²) < 4.78 is 42.8. The van der Waals surface area contributed by atoms with E-state index in [0.29, 0.717) is 24.0 Å². The largest absolute Gasteiger partial charge is 0.446 e. The van der Waals surface area contributed by atoms with Crippen LogP contribution in [-0.2, 0) is 27.3 Å². The van der Waals surface area contributed by atoms with Crippen molar-refractivity contribution in [1.82, 2.24) is 20.5 Å². The van der Waals surface area contributed by atoms with Crippen LogP contribution in [0, 0.1) is 5.92 Å². The number of halogens is 4. The van der Waals surface area contributed by atoms with Crippen LogP contribution >= 0.6 is 11.6 Å². The number of hydrogen-bond donors (Lipinski definition) is 2. The molecule has 13 heteroatoms. The van der Waals surface area contributed by atoms with Gasteiger partial charge in [-0.3, -0.25) is 24.1 Å². The second-order valence-electron chi connectivity index (χ2n) is 12.3. The minimum absolute atomic E-state index is 0.0441. The Hall–Kier alpha value is -3.25. The molecule has 2 fully saturated rings. The topological polar surface area (TPSA) is 122 Å². The van der Waals surface area contributed by atoms with Gasteiger partial charge in [0.1, 0.15) is 12.7 Å². The van der Waals surface area contributed by atoms with Gasteiger partial charge in [-0.25, -0.2) is 4.98 Å². The molecule has 2 heterocycles. The van der Waals surface area contributed by atoms with Crippen LogP contribution in [0.4, 0.5) is 13.2 Å². The molecule has 2 amide bonds. The second-order valence-corrected chi connectivity index (χ2v) is 12.7. The number of aryl methyl sites for hydroxylation is 1. The van der Waals surface area contributed by atoms with Gasteiger partial charge in [-0.1, -0.05) is 62.6 Å². The van der Waals surface area contributed by atoms with Crippen molar-refractivity contribution in [3.8, 4) is 0 Å². The standard InChI is InChI=1S/C33H42ClF3N4O5/c34-25-13-11-23(12-14-30(44)39-19-29(43)28(42)18-33(35,36)37)24(17-25)20-41-16-6-10-27(41)32-40-26(21-46-32)31(45)38-15-5-4-9-22-7-2-1-3-8-22/h11,13,17,21-22,27H,1-10,12,14-16,18-20H2,(H,38,45)(H,39,44). The Morgan fingerprint density at radius 3 is 2.52 bits per heavy atom. The number of aromatic nitrogens is 1. The highest BCUT2D eigenvalue weighted by molar-refractivity contribution is 6.38. The summed E-state index contributed by atoms with van der Waals surface area (Å²) in [6.45, 7) is 1.06. The zero-order valence-electron chi connectivity index (χ0n) is 25.9. The van der Waals surface area contributed by atoms with Crippen molar-refractivity contribution in [2.45, 2.75) is 102 Å². The number of likely N-dealkylation sites (tertiary alicyclic amines) is 1. The number of alkyl halides is 3. The van der Waals surface area contributed by atoms with Crippen molar-refractivity contribution in [2.24, 2.45) is 5.92 Å². The Bertz CT molecular complexity index is 1360. The first kappa shape index (κ1) is 35.6. The van der Waals surface area contributed by atoms with E-state index in [0.717, 1.165) is 49.3 Å². The van der Waals surface area contributed by atoms with Crippen molar-refractivity contribution in [3.63, 3.8) is 0 Å². The molecule has 1 saturated carbocycles. The normalized spacial score (nSPS) is 17.6. The molecule has 1 aliphatic heterocycles. The molecule has 0 radical (unpaired) electrons. The maximum absolute atomic E-state index is 12.7. The molecule has 1 aromatic carbocycles. The first-order valence-electron chi connectivity index (χ1n) is 16.1. The predicted octanol–water partition coefficient (Wildman–Crippen LogP) is 6.28. The number of unbranched alkanes of at least 4 members (excludes halogenated alkanes) is 1. The van der Waals surface area contributed by atoms with Crippen LogP contribution in [0.2, 0.25) is 5.02 Å². The molecule has 0 spiro atoms. The van der Waals surface area contributed by atoms with E-state index in [1.165, 1.54) is 44.8 Å². The number of carbonyl (C=O) groups is 4. The van der Waals surface area contributed by atoms with E-state index in [1.54, 1.807) is 12.1 Å². The number of rotatable bonds is 16. The van der Waals surface area contributed by atoms with Gasteiger partial charge < -0.3 is 15.1 Å². The van der Waals surface area contributed by atoms with E-state index < -0.39 is 36.6 Å². The monoisotopic (exact) mass is 666 g/mol. The molecule has 1 atom stereocenters. The van der Waals surface area contributed by atoms with E-state index in [9.17, 15) is 32.3 Å². The van der Waals surface area contributed by atoms with Gasteiger partial charge in [-0.05, 0) is 61.4 Å². The fourth-order valence-electron chi connectivity index (χ4n) is 6.27. The quantitative estimate of drug-likeness (QED) is 0.160. The minimum atomic E-state index is -4.78. The minimum Gasteiger partial charge on any atom is -0.446 e. The van der Waals surface area contributed by atoms with Crippen molar-refractivity contribution >= 4 is 35.0 Å². The van der Waals surface area contributed by atoms with Crippen LogP contribution in [0.15, 0.2) is 28.9 Å². The number of oxazole rings is 1. The van der Waals surface area contributed by atoms with E-state index in [-0.39, 0.29) is 30.5 Å². The summed E-state index contributed by atoms with van der Waals surface area (Å²) in [5.41, 5.74) is 1.96. The van der Waals surface area contributed by atoms with Gasteiger partial charge in [0.25, 0.3) is 5.91 Å². The molecule has 46 heavy (non-hydrogen) atoms.